The zero-order chi connectivity index (χ0) is 15.2. The molecule has 0 aliphatic carbocycles. The maximum absolute atomic E-state index is 12.0. The van der Waals surface area contributed by atoms with Gasteiger partial charge in [-0.05, 0) is 41.8 Å². The highest BCUT2D eigenvalue weighted by Crippen LogP contribution is 2.15. The molecule has 0 aliphatic heterocycles. The molecule has 0 saturated heterocycles. The van der Waals surface area contributed by atoms with Gasteiger partial charge < -0.3 is 15.8 Å². The van der Waals surface area contributed by atoms with Crippen LogP contribution in [0.1, 0.15) is 16.7 Å². The number of carbonyl (C=O) groups excluding carboxylic acids is 1. The highest BCUT2D eigenvalue weighted by molar-refractivity contribution is 5.78. The van der Waals surface area contributed by atoms with Gasteiger partial charge in [0.05, 0.1) is 13.5 Å². The highest BCUT2D eigenvalue weighted by Gasteiger charge is 2.06. The largest absolute Gasteiger partial charge is 0.497 e. The van der Waals surface area contributed by atoms with Crippen LogP contribution in [0.2, 0.25) is 0 Å². The van der Waals surface area contributed by atoms with E-state index in [4.69, 9.17) is 10.5 Å². The van der Waals surface area contributed by atoms with Crippen molar-refractivity contribution >= 4 is 11.6 Å². The van der Waals surface area contributed by atoms with Crippen molar-refractivity contribution in [3.05, 3.63) is 59.2 Å². The van der Waals surface area contributed by atoms with E-state index in [-0.39, 0.29) is 5.91 Å². The third-order valence-electron chi connectivity index (χ3n) is 3.46. The van der Waals surface area contributed by atoms with E-state index in [1.165, 1.54) is 0 Å². The molecule has 110 valence electrons. The number of carbonyl (C=O) groups is 1. The molecule has 3 N–H and O–H groups in total. The summed E-state index contributed by atoms with van der Waals surface area (Å²) in [5.41, 5.74) is 9.58. The molecular weight excluding hydrogens is 264 g/mol. The zero-order valence-electron chi connectivity index (χ0n) is 12.3. The van der Waals surface area contributed by atoms with E-state index in [2.05, 4.69) is 5.32 Å². The Kier molecular flexibility index (Phi) is 4.82. The van der Waals surface area contributed by atoms with Gasteiger partial charge in [-0.2, -0.15) is 0 Å². The van der Waals surface area contributed by atoms with Crippen LogP contribution in [0, 0.1) is 6.92 Å². The second kappa shape index (κ2) is 6.79. The molecule has 0 aliphatic rings. The molecule has 4 heteroatoms. The number of methoxy groups -OCH3 is 1. The second-order valence-electron chi connectivity index (χ2n) is 4.94. The van der Waals surface area contributed by atoms with E-state index in [9.17, 15) is 4.79 Å². The van der Waals surface area contributed by atoms with Crippen LogP contribution in [-0.4, -0.2) is 13.0 Å². The average Bonchev–Trinajstić information content (AvgIpc) is 2.49. The molecule has 0 aromatic heterocycles. The molecule has 0 bridgehead atoms. The number of nitrogens with two attached hydrogens (primary N) is 1. The highest BCUT2D eigenvalue weighted by atomic mass is 16.5. The smallest absolute Gasteiger partial charge is 0.224 e. The molecule has 21 heavy (non-hydrogen) atoms. The van der Waals surface area contributed by atoms with E-state index < -0.39 is 0 Å². The number of hydrogen-bond acceptors (Lipinski definition) is 3. The molecule has 4 nitrogen and oxygen atoms in total. The molecule has 2 rings (SSSR count). The van der Waals surface area contributed by atoms with Crippen LogP contribution in [0.4, 0.5) is 5.69 Å². The van der Waals surface area contributed by atoms with Crippen molar-refractivity contribution in [1.29, 1.82) is 0 Å². The molecule has 1 amide bonds. The number of anilines is 1. The second-order valence-corrected chi connectivity index (χ2v) is 4.94. The monoisotopic (exact) mass is 284 g/mol. The third-order valence-corrected chi connectivity index (χ3v) is 3.46. The van der Waals surface area contributed by atoms with Gasteiger partial charge in [0.2, 0.25) is 5.91 Å². The van der Waals surface area contributed by atoms with Crippen LogP contribution in [0.5, 0.6) is 5.75 Å². The standard InChI is InChI=1S/C17H20N2O2/c1-12-14(6-4-8-16(12)18)11-19-17(20)10-13-5-3-7-15(9-13)21-2/h3-9H,10-11,18H2,1-2H3,(H,19,20). The number of nitrogens with one attached hydrogen (secondary N) is 1. The maximum Gasteiger partial charge on any atom is 0.224 e. The lowest BCUT2D eigenvalue weighted by Gasteiger charge is -2.10. The first-order valence-corrected chi connectivity index (χ1v) is 6.83. The molecule has 0 radical (unpaired) electrons. The van der Waals surface area contributed by atoms with Crippen molar-refractivity contribution in [2.75, 3.05) is 12.8 Å². The minimum atomic E-state index is -0.0231. The predicted octanol–water partition coefficient (Wildman–Crippen LogP) is 2.44. The maximum atomic E-state index is 12.0. The normalized spacial score (nSPS) is 10.2. The van der Waals surface area contributed by atoms with Crippen LogP contribution in [0.15, 0.2) is 42.5 Å². The van der Waals surface area contributed by atoms with E-state index in [1.54, 1.807) is 7.11 Å². The summed E-state index contributed by atoms with van der Waals surface area (Å²) < 4.78 is 5.15. The summed E-state index contributed by atoms with van der Waals surface area (Å²) in [4.78, 5) is 12.0. The Labute approximate surface area is 124 Å². The summed E-state index contributed by atoms with van der Waals surface area (Å²) in [6.07, 6.45) is 0.332. The summed E-state index contributed by atoms with van der Waals surface area (Å²) in [5.74, 6) is 0.733. The summed E-state index contributed by atoms with van der Waals surface area (Å²) >= 11 is 0. The summed E-state index contributed by atoms with van der Waals surface area (Å²) in [6, 6.07) is 13.2. The number of benzene rings is 2. The molecule has 2 aromatic carbocycles. The van der Waals surface area contributed by atoms with Crippen molar-refractivity contribution < 1.29 is 9.53 Å². The lowest BCUT2D eigenvalue weighted by molar-refractivity contribution is -0.120. The molecule has 0 saturated carbocycles. The van der Waals surface area contributed by atoms with E-state index in [0.717, 1.165) is 28.1 Å². The van der Waals surface area contributed by atoms with E-state index in [1.807, 2.05) is 49.4 Å². The van der Waals surface area contributed by atoms with Crippen LogP contribution in [0.25, 0.3) is 0 Å². The average molecular weight is 284 g/mol. The van der Waals surface area contributed by atoms with Gasteiger partial charge in [0.25, 0.3) is 0 Å². The first-order valence-electron chi connectivity index (χ1n) is 6.83. The van der Waals surface area contributed by atoms with Gasteiger partial charge in [-0.15, -0.1) is 0 Å². The SMILES string of the molecule is COc1cccc(CC(=O)NCc2cccc(N)c2C)c1. The lowest BCUT2D eigenvalue weighted by Crippen LogP contribution is -2.25. The Hall–Kier alpha value is -2.49. The van der Waals surface area contributed by atoms with Gasteiger partial charge in [-0.1, -0.05) is 24.3 Å². The predicted molar refractivity (Wildman–Crippen MR) is 84.1 cm³/mol. The Bertz CT molecular complexity index is 638. The quantitative estimate of drug-likeness (QED) is 0.829. The van der Waals surface area contributed by atoms with E-state index in [0.29, 0.717) is 13.0 Å². The van der Waals surface area contributed by atoms with Gasteiger partial charge >= 0.3 is 0 Å². The van der Waals surface area contributed by atoms with Crippen LogP contribution in [0.3, 0.4) is 0 Å². The fourth-order valence-corrected chi connectivity index (χ4v) is 2.12. The first kappa shape index (κ1) is 14.9. The fourth-order valence-electron chi connectivity index (χ4n) is 2.12. The van der Waals surface area contributed by atoms with Gasteiger partial charge in [-0.3, -0.25) is 4.79 Å². The Morgan fingerprint density at radius 1 is 1.24 bits per heavy atom. The number of amides is 1. The van der Waals surface area contributed by atoms with Gasteiger partial charge in [0, 0.05) is 12.2 Å². The number of rotatable bonds is 5. The summed E-state index contributed by atoms with van der Waals surface area (Å²) in [6.45, 7) is 2.44. The molecular formula is C17H20N2O2. The minimum Gasteiger partial charge on any atom is -0.497 e. The molecule has 2 aromatic rings. The minimum absolute atomic E-state index is 0.0231. The van der Waals surface area contributed by atoms with Crippen molar-refractivity contribution in [1.82, 2.24) is 5.32 Å². The number of hydrogen-bond donors (Lipinski definition) is 2. The number of nitrogen functional groups attached to an aromatic ring is 1. The molecule has 0 atom stereocenters. The Morgan fingerprint density at radius 3 is 2.76 bits per heavy atom. The molecule has 0 fully saturated rings. The van der Waals surface area contributed by atoms with Crippen LogP contribution in [-0.2, 0) is 17.8 Å². The van der Waals surface area contributed by atoms with Gasteiger partial charge in [0.15, 0.2) is 0 Å². The Morgan fingerprint density at radius 2 is 2.00 bits per heavy atom. The van der Waals surface area contributed by atoms with Gasteiger partial charge in [0.1, 0.15) is 5.75 Å². The fraction of sp³-hybridized carbons (Fsp3) is 0.235. The van der Waals surface area contributed by atoms with Crippen molar-refractivity contribution in [3.63, 3.8) is 0 Å². The van der Waals surface area contributed by atoms with E-state index >= 15 is 0 Å². The number of ether oxygens (including phenoxy) is 1. The van der Waals surface area contributed by atoms with Crippen molar-refractivity contribution in [2.24, 2.45) is 0 Å². The van der Waals surface area contributed by atoms with Crippen LogP contribution >= 0.6 is 0 Å². The van der Waals surface area contributed by atoms with Crippen molar-refractivity contribution in [2.45, 2.75) is 19.9 Å². The molecule has 0 spiro atoms. The molecule has 0 unspecified atom stereocenters. The topological polar surface area (TPSA) is 64.3 Å². The van der Waals surface area contributed by atoms with Crippen molar-refractivity contribution in [3.8, 4) is 5.75 Å². The third kappa shape index (κ3) is 3.99. The molecule has 0 heterocycles. The summed E-state index contributed by atoms with van der Waals surface area (Å²) in [5, 5.41) is 2.92. The Balaban J connectivity index is 1.94. The lowest BCUT2D eigenvalue weighted by atomic mass is 10.1. The summed E-state index contributed by atoms with van der Waals surface area (Å²) in [7, 11) is 1.61. The first-order chi connectivity index (χ1) is 10.1. The zero-order valence-corrected chi connectivity index (χ0v) is 12.3. The van der Waals surface area contributed by atoms with Gasteiger partial charge in [-0.25, -0.2) is 0 Å². The van der Waals surface area contributed by atoms with Crippen LogP contribution < -0.4 is 15.8 Å².